The molecule has 0 aromatic carbocycles. The third-order valence-corrected chi connectivity index (χ3v) is 3.56. The van der Waals surface area contributed by atoms with Crippen LogP contribution in [0.4, 0.5) is 0 Å². The molecule has 1 atom stereocenters. The Kier molecular flexibility index (Phi) is 6.59. The number of carbonyl (C=O) groups is 1. The van der Waals surface area contributed by atoms with E-state index in [0.717, 1.165) is 24.0 Å². The number of hydrogen-bond donors (Lipinski definition) is 0. The van der Waals surface area contributed by atoms with Gasteiger partial charge in [0.1, 0.15) is 0 Å². The van der Waals surface area contributed by atoms with Gasteiger partial charge < -0.3 is 0 Å². The van der Waals surface area contributed by atoms with Gasteiger partial charge in [-0.2, -0.15) is 5.26 Å². The molecule has 2 nitrogen and oxygen atoms in total. The number of halogens is 1. The molecule has 0 saturated heterocycles. The molecule has 102 valence electrons. The zero-order valence-electron chi connectivity index (χ0n) is 11.6. The second-order valence-electron chi connectivity index (χ2n) is 4.55. The fourth-order valence-electron chi connectivity index (χ4n) is 2.27. The summed E-state index contributed by atoms with van der Waals surface area (Å²) in [6.07, 6.45) is 8.66. The van der Waals surface area contributed by atoms with Crippen molar-refractivity contribution in [3.63, 3.8) is 0 Å². The number of allylic oxidation sites excluding steroid dienone is 6. The van der Waals surface area contributed by atoms with Crippen LogP contribution in [-0.4, -0.2) is 11.7 Å². The van der Waals surface area contributed by atoms with Gasteiger partial charge in [-0.25, -0.2) is 0 Å². The van der Waals surface area contributed by atoms with Crippen molar-refractivity contribution in [3.05, 3.63) is 34.9 Å². The van der Waals surface area contributed by atoms with Crippen molar-refractivity contribution in [1.29, 1.82) is 5.26 Å². The molecule has 1 rings (SSSR count). The highest BCUT2D eigenvalue weighted by Gasteiger charge is 2.20. The summed E-state index contributed by atoms with van der Waals surface area (Å²) in [7, 11) is 0. The first-order valence-electron chi connectivity index (χ1n) is 6.74. The molecule has 0 aromatic heterocycles. The number of rotatable bonds is 6. The first-order valence-corrected chi connectivity index (χ1v) is 7.28. The SMILES string of the molecule is C/C=C(/C(=O)CCCCl)C1=CC(C#N)CC=C1CC. The molecule has 1 aliphatic rings. The van der Waals surface area contributed by atoms with Crippen molar-refractivity contribution < 1.29 is 4.79 Å². The van der Waals surface area contributed by atoms with Crippen LogP contribution in [-0.2, 0) is 4.79 Å². The van der Waals surface area contributed by atoms with E-state index in [1.54, 1.807) is 0 Å². The quantitative estimate of drug-likeness (QED) is 0.536. The van der Waals surface area contributed by atoms with E-state index in [9.17, 15) is 4.79 Å². The van der Waals surface area contributed by atoms with Crippen LogP contribution in [0, 0.1) is 17.2 Å². The van der Waals surface area contributed by atoms with Crippen LogP contribution >= 0.6 is 11.6 Å². The molecular formula is C16H20ClNO. The van der Waals surface area contributed by atoms with E-state index in [4.69, 9.17) is 16.9 Å². The topological polar surface area (TPSA) is 40.9 Å². The van der Waals surface area contributed by atoms with Crippen LogP contribution in [0.1, 0.15) is 39.5 Å². The van der Waals surface area contributed by atoms with Gasteiger partial charge in [0.25, 0.3) is 0 Å². The molecule has 0 fully saturated rings. The lowest BCUT2D eigenvalue weighted by molar-refractivity contribution is -0.115. The first-order chi connectivity index (χ1) is 9.17. The summed E-state index contributed by atoms with van der Waals surface area (Å²) in [5, 5.41) is 9.06. The highest BCUT2D eigenvalue weighted by molar-refractivity contribution is 6.18. The summed E-state index contributed by atoms with van der Waals surface area (Å²) in [5.74, 6) is 0.493. The van der Waals surface area contributed by atoms with E-state index >= 15 is 0 Å². The standard InChI is InChI=1S/C16H20ClNO/c1-3-13-8-7-12(11-18)10-15(13)14(4-2)16(19)6-5-9-17/h4,8,10,12H,3,5-7,9H2,1-2H3/b14-4+. The van der Waals surface area contributed by atoms with E-state index in [1.165, 1.54) is 5.57 Å². The highest BCUT2D eigenvalue weighted by atomic mass is 35.5. The minimum Gasteiger partial charge on any atom is -0.294 e. The predicted molar refractivity (Wildman–Crippen MR) is 78.9 cm³/mol. The molecule has 0 saturated carbocycles. The van der Waals surface area contributed by atoms with Crippen LogP contribution in [0.2, 0.25) is 0 Å². The summed E-state index contributed by atoms with van der Waals surface area (Å²) in [6, 6.07) is 2.26. The summed E-state index contributed by atoms with van der Waals surface area (Å²) in [4.78, 5) is 12.2. The summed E-state index contributed by atoms with van der Waals surface area (Å²) in [5.41, 5.74) is 2.85. The lowest BCUT2D eigenvalue weighted by Crippen LogP contribution is -2.11. The number of nitriles is 1. The van der Waals surface area contributed by atoms with Crippen LogP contribution in [0.3, 0.4) is 0 Å². The molecule has 0 bridgehead atoms. The van der Waals surface area contributed by atoms with Gasteiger partial charge in [-0.1, -0.05) is 25.2 Å². The van der Waals surface area contributed by atoms with E-state index in [-0.39, 0.29) is 11.7 Å². The van der Waals surface area contributed by atoms with Crippen molar-refractivity contribution in [2.45, 2.75) is 39.5 Å². The van der Waals surface area contributed by atoms with Crippen molar-refractivity contribution in [2.75, 3.05) is 5.88 Å². The Hall–Kier alpha value is -1.33. The van der Waals surface area contributed by atoms with Crippen molar-refractivity contribution >= 4 is 17.4 Å². The zero-order valence-corrected chi connectivity index (χ0v) is 12.3. The Bertz CT molecular complexity index is 466. The smallest absolute Gasteiger partial charge is 0.163 e. The van der Waals surface area contributed by atoms with Gasteiger partial charge in [-0.3, -0.25) is 4.79 Å². The average Bonchev–Trinajstić information content (AvgIpc) is 2.45. The Morgan fingerprint density at radius 2 is 2.37 bits per heavy atom. The maximum absolute atomic E-state index is 12.2. The second kappa shape index (κ2) is 7.96. The maximum atomic E-state index is 12.2. The third kappa shape index (κ3) is 4.08. The third-order valence-electron chi connectivity index (χ3n) is 3.30. The fraction of sp³-hybridized carbons (Fsp3) is 0.500. The van der Waals surface area contributed by atoms with Crippen LogP contribution in [0.5, 0.6) is 0 Å². The number of alkyl halides is 1. The first kappa shape index (κ1) is 15.7. The number of hydrogen-bond acceptors (Lipinski definition) is 2. The molecule has 0 aromatic rings. The molecule has 0 N–H and O–H groups in total. The van der Waals surface area contributed by atoms with Gasteiger partial charge >= 0.3 is 0 Å². The Labute approximate surface area is 120 Å². The van der Waals surface area contributed by atoms with Gasteiger partial charge in [0.05, 0.1) is 12.0 Å². The van der Waals surface area contributed by atoms with E-state index in [1.807, 2.05) is 19.1 Å². The van der Waals surface area contributed by atoms with Crippen molar-refractivity contribution in [2.24, 2.45) is 5.92 Å². The maximum Gasteiger partial charge on any atom is 0.163 e. The lowest BCUT2D eigenvalue weighted by Gasteiger charge is -2.19. The molecule has 1 unspecified atom stereocenters. The predicted octanol–water partition coefficient (Wildman–Crippen LogP) is 4.33. The van der Waals surface area contributed by atoms with Crippen molar-refractivity contribution in [1.82, 2.24) is 0 Å². The molecule has 19 heavy (non-hydrogen) atoms. The van der Waals surface area contributed by atoms with E-state index < -0.39 is 0 Å². The highest BCUT2D eigenvalue weighted by Crippen LogP contribution is 2.31. The second-order valence-corrected chi connectivity index (χ2v) is 4.93. The largest absolute Gasteiger partial charge is 0.294 e. The Morgan fingerprint density at radius 3 is 2.89 bits per heavy atom. The molecule has 1 aliphatic carbocycles. The van der Waals surface area contributed by atoms with Crippen LogP contribution in [0.25, 0.3) is 0 Å². The summed E-state index contributed by atoms with van der Waals surface area (Å²) < 4.78 is 0. The molecule has 0 radical (unpaired) electrons. The Balaban J connectivity index is 3.01. The minimum absolute atomic E-state index is 0.118. The van der Waals surface area contributed by atoms with Crippen molar-refractivity contribution in [3.8, 4) is 6.07 Å². The van der Waals surface area contributed by atoms with Gasteiger partial charge in [-0.05, 0) is 37.3 Å². The molecular weight excluding hydrogens is 258 g/mol. The summed E-state index contributed by atoms with van der Waals surface area (Å²) >= 11 is 5.64. The molecule has 0 heterocycles. The number of carbonyl (C=O) groups excluding carboxylic acids is 1. The average molecular weight is 278 g/mol. The van der Waals surface area contributed by atoms with Crippen LogP contribution < -0.4 is 0 Å². The molecule has 0 spiro atoms. The normalized spacial score (nSPS) is 19.5. The summed E-state index contributed by atoms with van der Waals surface area (Å²) in [6.45, 7) is 3.95. The fourth-order valence-corrected chi connectivity index (χ4v) is 2.41. The van der Waals surface area contributed by atoms with Crippen LogP contribution in [0.15, 0.2) is 34.9 Å². The van der Waals surface area contributed by atoms with E-state index in [2.05, 4.69) is 19.1 Å². The monoisotopic (exact) mass is 277 g/mol. The molecule has 0 amide bonds. The number of nitrogens with zero attached hydrogens (tertiary/aromatic N) is 1. The minimum atomic E-state index is -0.124. The lowest BCUT2D eigenvalue weighted by atomic mass is 9.84. The number of Topliss-reactive ketones (excluding diaryl/α,β-unsaturated/α-hetero) is 1. The molecule has 3 heteroatoms. The number of ketones is 1. The van der Waals surface area contributed by atoms with E-state index in [0.29, 0.717) is 18.7 Å². The van der Waals surface area contributed by atoms with Gasteiger partial charge in [-0.15, -0.1) is 11.6 Å². The zero-order chi connectivity index (χ0) is 14.3. The van der Waals surface area contributed by atoms with Gasteiger partial charge in [0, 0.05) is 17.9 Å². The Morgan fingerprint density at radius 1 is 1.63 bits per heavy atom. The van der Waals surface area contributed by atoms with Gasteiger partial charge in [0.15, 0.2) is 5.78 Å². The van der Waals surface area contributed by atoms with Gasteiger partial charge in [0.2, 0.25) is 0 Å². The molecule has 0 aliphatic heterocycles.